The standard InChI is InChI=1S/C48H66O16/c1-25-13-11-18-36(59-6)40(25)44(53)63-37-23-39(60-27(3)41(37)50)64-42-28(4)61-38(22-34(42)49)62-35-17-12-16-33-31(35)20-19-29(47(33,5)45(54)55)14-9-7-8-10-15-30-21-32(43(51)52)26(2)24-48(30,58)46(56)57/h10-11,13,15,18-21,26-31,33-35,37-39,41-42,49-50,58H,7-9,12,14,16-17,22-24H2,1-6H3,(H,51,52)(H,54,55)(H,56,57)/b15-10+/t26?,27-,28-,29?,30?,31?,33?,34-,35?,37-,38+,39+,41-,42-,47?,48?/m1/s1. The van der Waals surface area contributed by atoms with E-state index in [1.807, 2.05) is 13.0 Å². The van der Waals surface area contributed by atoms with Gasteiger partial charge in [-0.15, -0.1) is 0 Å². The lowest BCUT2D eigenvalue weighted by Crippen LogP contribution is -2.56. The summed E-state index contributed by atoms with van der Waals surface area (Å²) in [5, 5.41) is 63.3. The summed E-state index contributed by atoms with van der Waals surface area (Å²) in [5.41, 5.74) is -2.20. The van der Waals surface area contributed by atoms with Gasteiger partial charge in [0.2, 0.25) is 0 Å². The summed E-state index contributed by atoms with van der Waals surface area (Å²) in [6.07, 6.45) is 5.85. The predicted octanol–water partition coefficient (Wildman–Crippen LogP) is 5.58. The van der Waals surface area contributed by atoms with E-state index in [0.717, 1.165) is 6.42 Å². The smallest absolute Gasteiger partial charge is 0.342 e. The number of carbonyl (C=O) groups excluding carboxylic acids is 1. The highest BCUT2D eigenvalue weighted by Crippen LogP contribution is 2.53. The van der Waals surface area contributed by atoms with Crippen molar-refractivity contribution in [3.8, 4) is 5.75 Å². The van der Waals surface area contributed by atoms with Crippen molar-refractivity contribution < 1.29 is 78.2 Å². The first kappa shape index (κ1) is 49.3. The average molecular weight is 899 g/mol. The molecule has 0 amide bonds. The van der Waals surface area contributed by atoms with Crippen LogP contribution < -0.4 is 4.74 Å². The second-order valence-electron chi connectivity index (χ2n) is 18.6. The Hall–Kier alpha value is -4.16. The fourth-order valence-corrected chi connectivity index (χ4v) is 10.7. The number of hydrogen-bond acceptors (Lipinski definition) is 13. The van der Waals surface area contributed by atoms with Crippen molar-refractivity contribution in [2.45, 2.75) is 160 Å². The molecule has 16 heteroatoms. The number of allylic oxidation sites excluding steroid dienone is 2. The number of hydrogen-bond donors (Lipinski definition) is 6. The molecule has 1 saturated carbocycles. The zero-order valence-electron chi connectivity index (χ0n) is 37.5. The van der Waals surface area contributed by atoms with Gasteiger partial charge in [0.25, 0.3) is 0 Å². The first-order valence-electron chi connectivity index (χ1n) is 22.6. The molecule has 6 rings (SSSR count). The Morgan fingerprint density at radius 1 is 0.906 bits per heavy atom. The number of methoxy groups -OCH3 is 1. The van der Waals surface area contributed by atoms with Crippen LogP contribution in [0.5, 0.6) is 5.75 Å². The van der Waals surface area contributed by atoms with Crippen molar-refractivity contribution in [3.63, 3.8) is 0 Å². The fraction of sp³-hybridized carbons (Fsp3) is 0.667. The van der Waals surface area contributed by atoms with E-state index >= 15 is 0 Å². The lowest BCUT2D eigenvalue weighted by atomic mass is 9.55. The molecule has 2 heterocycles. The van der Waals surface area contributed by atoms with Crippen molar-refractivity contribution >= 4 is 23.9 Å². The number of fused-ring (bicyclic) bond motifs is 1. The normalized spacial score (nSPS) is 38.8. The van der Waals surface area contributed by atoms with Gasteiger partial charge in [-0.05, 0) is 95.6 Å². The quantitative estimate of drug-likeness (QED) is 0.0673. The number of rotatable bonds is 16. The second kappa shape index (κ2) is 20.6. The largest absolute Gasteiger partial charge is 0.496 e. The van der Waals surface area contributed by atoms with E-state index < -0.39 is 95.9 Å². The highest BCUT2D eigenvalue weighted by atomic mass is 16.7. The summed E-state index contributed by atoms with van der Waals surface area (Å²) in [4.78, 5) is 50.1. The molecule has 16 atom stereocenters. The van der Waals surface area contributed by atoms with Crippen molar-refractivity contribution in [1.82, 2.24) is 0 Å². The van der Waals surface area contributed by atoms with Gasteiger partial charge in [0, 0.05) is 30.3 Å². The van der Waals surface area contributed by atoms with Crippen LogP contribution in [0, 0.1) is 41.9 Å². The molecule has 16 nitrogen and oxygen atoms in total. The van der Waals surface area contributed by atoms with Gasteiger partial charge in [0.1, 0.15) is 29.6 Å². The van der Waals surface area contributed by atoms with Gasteiger partial charge in [0.05, 0.1) is 36.9 Å². The van der Waals surface area contributed by atoms with E-state index in [0.29, 0.717) is 49.8 Å². The monoisotopic (exact) mass is 898 g/mol. The number of aliphatic carboxylic acids is 3. The van der Waals surface area contributed by atoms with Crippen molar-refractivity contribution in [2.75, 3.05) is 7.11 Å². The molecule has 2 aliphatic heterocycles. The third-order valence-corrected chi connectivity index (χ3v) is 14.5. The van der Waals surface area contributed by atoms with Gasteiger partial charge in [-0.1, -0.05) is 62.3 Å². The van der Waals surface area contributed by atoms with Crippen LogP contribution in [0.1, 0.15) is 108 Å². The average Bonchev–Trinajstić information content (AvgIpc) is 3.23. The summed E-state index contributed by atoms with van der Waals surface area (Å²) in [6.45, 7) is 8.57. The van der Waals surface area contributed by atoms with Crippen LogP contribution >= 0.6 is 0 Å². The highest BCUT2D eigenvalue weighted by molar-refractivity contribution is 5.94. The third kappa shape index (κ3) is 10.3. The summed E-state index contributed by atoms with van der Waals surface area (Å²) in [7, 11) is 1.46. The minimum absolute atomic E-state index is 0.00747. The molecule has 0 spiro atoms. The number of carboxylic acid groups (broad SMARTS) is 3. The number of carboxylic acids is 3. The molecule has 5 aliphatic rings. The minimum Gasteiger partial charge on any atom is -0.496 e. The molecule has 2 saturated heterocycles. The number of aliphatic hydroxyl groups is 3. The Bertz CT molecular complexity index is 1930. The number of carbonyl (C=O) groups is 4. The molecule has 0 aromatic heterocycles. The van der Waals surface area contributed by atoms with Gasteiger partial charge in [-0.2, -0.15) is 0 Å². The van der Waals surface area contributed by atoms with E-state index in [9.17, 15) is 49.8 Å². The maximum atomic E-state index is 13.3. The van der Waals surface area contributed by atoms with E-state index in [1.165, 1.54) is 13.2 Å². The van der Waals surface area contributed by atoms with E-state index in [-0.39, 0.29) is 54.3 Å². The molecule has 3 fully saturated rings. The maximum absolute atomic E-state index is 13.3. The van der Waals surface area contributed by atoms with Crippen LogP contribution in [-0.2, 0) is 38.1 Å². The van der Waals surface area contributed by atoms with Gasteiger partial charge < -0.3 is 59.1 Å². The number of ether oxygens (including phenoxy) is 6. The molecule has 6 N–H and O–H groups in total. The molecule has 3 aliphatic carbocycles. The number of unbranched alkanes of at least 4 members (excludes halogenated alkanes) is 2. The van der Waals surface area contributed by atoms with Crippen molar-refractivity contribution in [3.05, 3.63) is 65.3 Å². The molecule has 354 valence electrons. The zero-order valence-corrected chi connectivity index (χ0v) is 37.5. The predicted molar refractivity (Wildman–Crippen MR) is 229 cm³/mol. The van der Waals surface area contributed by atoms with Crippen LogP contribution in [-0.4, -0.2) is 123 Å². The zero-order chi connectivity index (χ0) is 46.7. The number of esters is 1. The molecule has 64 heavy (non-hydrogen) atoms. The molecule has 0 radical (unpaired) electrons. The Morgan fingerprint density at radius 3 is 2.30 bits per heavy atom. The highest BCUT2D eigenvalue weighted by Gasteiger charge is 2.55. The van der Waals surface area contributed by atoms with E-state index in [1.54, 1.807) is 58.0 Å². The van der Waals surface area contributed by atoms with Crippen LogP contribution in [0.25, 0.3) is 0 Å². The van der Waals surface area contributed by atoms with Crippen molar-refractivity contribution in [1.29, 1.82) is 0 Å². The van der Waals surface area contributed by atoms with Crippen LogP contribution in [0.2, 0.25) is 0 Å². The summed E-state index contributed by atoms with van der Waals surface area (Å²) in [6, 6.07) is 5.19. The van der Waals surface area contributed by atoms with Gasteiger partial charge in [-0.3, -0.25) is 4.79 Å². The van der Waals surface area contributed by atoms with Crippen LogP contribution in [0.15, 0.2) is 54.2 Å². The summed E-state index contributed by atoms with van der Waals surface area (Å²) < 4.78 is 36.2. The molecule has 1 aromatic rings. The Morgan fingerprint density at radius 2 is 1.62 bits per heavy atom. The first-order chi connectivity index (χ1) is 30.3. The van der Waals surface area contributed by atoms with E-state index in [2.05, 4.69) is 6.08 Å². The number of benzene rings is 1. The van der Waals surface area contributed by atoms with Gasteiger partial charge in [0.15, 0.2) is 18.2 Å². The maximum Gasteiger partial charge on any atom is 0.342 e. The summed E-state index contributed by atoms with van der Waals surface area (Å²) >= 11 is 0. The number of aryl methyl sites for hydroxylation is 1. The molecule has 1 aromatic carbocycles. The first-order valence-corrected chi connectivity index (χ1v) is 22.6. The van der Waals surface area contributed by atoms with Gasteiger partial charge >= 0.3 is 23.9 Å². The minimum atomic E-state index is -2.11. The van der Waals surface area contributed by atoms with Crippen LogP contribution in [0.3, 0.4) is 0 Å². The molecular formula is C48H66O16. The molecular weight excluding hydrogens is 833 g/mol. The SMILES string of the molecule is COc1cccc(C)c1C(=O)O[C@@H]1C[C@H](O[C@H]2[C@H](O)C[C@H](OC3CCCC4C3C=CC(CCCC/C=C/C3C=C(C(=O)O)C(C)CC3(O)C(=O)O)C4(C)C(=O)O)O[C@@H]2C)O[C@H](C)[C@H]1O. The lowest BCUT2D eigenvalue weighted by molar-refractivity contribution is -0.318. The Kier molecular flexibility index (Phi) is 15.8. The Balaban J connectivity index is 1.03. The fourth-order valence-electron chi connectivity index (χ4n) is 10.7. The Labute approximate surface area is 374 Å². The molecule has 8 unspecified atom stereocenters. The van der Waals surface area contributed by atoms with E-state index in [4.69, 9.17) is 28.4 Å². The van der Waals surface area contributed by atoms with Crippen LogP contribution in [0.4, 0.5) is 0 Å². The van der Waals surface area contributed by atoms with Gasteiger partial charge in [-0.25, -0.2) is 14.4 Å². The third-order valence-electron chi connectivity index (χ3n) is 14.5. The summed E-state index contributed by atoms with van der Waals surface area (Å²) in [5.74, 6) is -6.01. The number of aliphatic hydroxyl groups excluding tert-OH is 2. The molecule has 0 bridgehead atoms. The second-order valence-corrected chi connectivity index (χ2v) is 18.6. The van der Waals surface area contributed by atoms with Crippen molar-refractivity contribution in [2.24, 2.45) is 35.0 Å². The lowest BCUT2D eigenvalue weighted by Gasteiger charge is -2.51. The topological polar surface area (TPSA) is 245 Å².